The van der Waals surface area contributed by atoms with E-state index < -0.39 is 10.0 Å². The summed E-state index contributed by atoms with van der Waals surface area (Å²) in [6.45, 7) is 2.96. The molecule has 20 heavy (non-hydrogen) atoms. The maximum absolute atomic E-state index is 12.7. The molecule has 0 saturated carbocycles. The molecular formula is C15H17NO3S. The van der Waals surface area contributed by atoms with Crippen LogP contribution in [0.5, 0.6) is 0 Å². The van der Waals surface area contributed by atoms with Crippen molar-refractivity contribution >= 4 is 10.0 Å². The number of hydrogen-bond acceptors (Lipinski definition) is 3. The summed E-state index contributed by atoms with van der Waals surface area (Å²) in [7, 11) is -3.41. The quantitative estimate of drug-likeness (QED) is 0.779. The summed E-state index contributed by atoms with van der Waals surface area (Å²) in [6, 6.07) is 7.04. The molecule has 2 bridgehead atoms. The predicted molar refractivity (Wildman–Crippen MR) is 74.8 cm³/mol. The van der Waals surface area contributed by atoms with Gasteiger partial charge in [-0.3, -0.25) is 0 Å². The maximum atomic E-state index is 12.7. The van der Waals surface area contributed by atoms with E-state index in [0.29, 0.717) is 23.9 Å². The molecule has 5 heteroatoms. The third-order valence-electron chi connectivity index (χ3n) is 4.68. The summed E-state index contributed by atoms with van der Waals surface area (Å²) in [4.78, 5) is 0.373. The van der Waals surface area contributed by atoms with Crippen LogP contribution in [0.4, 0.5) is 0 Å². The van der Waals surface area contributed by atoms with Crippen LogP contribution in [0.15, 0.2) is 41.3 Å². The van der Waals surface area contributed by atoms with Crippen LogP contribution in [0.2, 0.25) is 0 Å². The first-order valence-electron chi connectivity index (χ1n) is 6.94. The molecule has 3 aliphatic rings. The SMILES string of the molecule is Cc1ccc(S(=O)(=O)N2CC3CC4C=CC3(C2)O4)cc1. The number of benzene rings is 1. The average molecular weight is 291 g/mol. The molecule has 2 fully saturated rings. The molecule has 0 aliphatic carbocycles. The first-order valence-corrected chi connectivity index (χ1v) is 8.38. The summed E-state index contributed by atoms with van der Waals surface area (Å²) in [6.07, 6.45) is 5.27. The van der Waals surface area contributed by atoms with Crippen molar-refractivity contribution in [1.82, 2.24) is 4.31 Å². The van der Waals surface area contributed by atoms with E-state index in [1.807, 2.05) is 19.1 Å². The van der Waals surface area contributed by atoms with E-state index in [9.17, 15) is 8.42 Å². The Hall–Kier alpha value is -1.17. The van der Waals surface area contributed by atoms with E-state index in [2.05, 4.69) is 12.2 Å². The summed E-state index contributed by atoms with van der Waals surface area (Å²) < 4.78 is 32.9. The Labute approximate surface area is 119 Å². The van der Waals surface area contributed by atoms with E-state index in [-0.39, 0.29) is 11.7 Å². The van der Waals surface area contributed by atoms with Gasteiger partial charge in [0, 0.05) is 19.0 Å². The fraction of sp³-hybridized carbons (Fsp3) is 0.467. The molecule has 0 aromatic heterocycles. The Morgan fingerprint density at radius 1 is 1.30 bits per heavy atom. The number of ether oxygens (including phenoxy) is 1. The van der Waals surface area contributed by atoms with Crippen LogP contribution in [0, 0.1) is 12.8 Å². The standard InChI is InChI=1S/C15H17NO3S/c1-11-2-4-14(5-3-11)20(17,18)16-9-12-8-13-6-7-15(12,10-16)19-13/h2-7,12-13H,8-10H2,1H3. The molecule has 3 aliphatic heterocycles. The minimum atomic E-state index is -3.41. The van der Waals surface area contributed by atoms with E-state index in [1.165, 1.54) is 0 Å². The predicted octanol–water partition coefficient (Wildman–Crippen LogP) is 1.71. The second-order valence-corrected chi connectivity index (χ2v) is 7.95. The Kier molecular flexibility index (Phi) is 2.47. The van der Waals surface area contributed by atoms with Crippen molar-refractivity contribution in [2.45, 2.75) is 29.9 Å². The third kappa shape index (κ3) is 1.63. The number of nitrogens with zero attached hydrogens (tertiary/aromatic N) is 1. The Balaban J connectivity index is 1.66. The molecule has 0 radical (unpaired) electrons. The van der Waals surface area contributed by atoms with Gasteiger partial charge in [-0.05, 0) is 25.5 Å². The minimum absolute atomic E-state index is 0.198. The second kappa shape index (κ2) is 3.93. The third-order valence-corrected chi connectivity index (χ3v) is 6.50. The summed E-state index contributed by atoms with van der Waals surface area (Å²) in [5, 5.41) is 0. The molecule has 1 aromatic carbocycles. The topological polar surface area (TPSA) is 46.6 Å². The Morgan fingerprint density at radius 2 is 2.05 bits per heavy atom. The van der Waals surface area contributed by atoms with E-state index >= 15 is 0 Å². The van der Waals surface area contributed by atoms with Gasteiger partial charge in [-0.1, -0.05) is 29.8 Å². The van der Waals surface area contributed by atoms with Gasteiger partial charge >= 0.3 is 0 Å². The Morgan fingerprint density at radius 3 is 2.70 bits per heavy atom. The number of aryl methyl sites for hydroxylation is 1. The van der Waals surface area contributed by atoms with Crippen molar-refractivity contribution in [3.8, 4) is 0 Å². The molecular weight excluding hydrogens is 274 g/mol. The van der Waals surface area contributed by atoms with Crippen molar-refractivity contribution in [3.63, 3.8) is 0 Å². The number of hydrogen-bond donors (Lipinski definition) is 0. The fourth-order valence-corrected chi connectivity index (χ4v) is 5.07. The zero-order valence-corrected chi connectivity index (χ0v) is 12.1. The van der Waals surface area contributed by atoms with Crippen molar-refractivity contribution in [2.75, 3.05) is 13.1 Å². The van der Waals surface area contributed by atoms with Crippen molar-refractivity contribution in [3.05, 3.63) is 42.0 Å². The zero-order chi connectivity index (χ0) is 14.0. The lowest BCUT2D eigenvalue weighted by atomic mass is 9.86. The van der Waals surface area contributed by atoms with Crippen LogP contribution in [-0.2, 0) is 14.8 Å². The lowest BCUT2D eigenvalue weighted by Gasteiger charge is -2.22. The lowest BCUT2D eigenvalue weighted by molar-refractivity contribution is 0.0291. The molecule has 3 atom stereocenters. The molecule has 3 unspecified atom stereocenters. The summed E-state index contributed by atoms with van der Waals surface area (Å²) in [5.41, 5.74) is 0.702. The van der Waals surface area contributed by atoms with Crippen LogP contribution in [-0.4, -0.2) is 37.5 Å². The van der Waals surface area contributed by atoms with Gasteiger partial charge in [-0.25, -0.2) is 8.42 Å². The molecule has 106 valence electrons. The van der Waals surface area contributed by atoms with Gasteiger partial charge < -0.3 is 4.74 Å². The summed E-state index contributed by atoms with van der Waals surface area (Å²) >= 11 is 0. The Bertz CT molecular complexity index is 680. The molecule has 0 N–H and O–H groups in total. The first kappa shape index (κ1) is 12.6. The van der Waals surface area contributed by atoms with E-state index in [1.54, 1.807) is 16.4 Å². The van der Waals surface area contributed by atoms with Crippen molar-refractivity contribution in [1.29, 1.82) is 0 Å². The van der Waals surface area contributed by atoms with Gasteiger partial charge in [-0.15, -0.1) is 0 Å². The van der Waals surface area contributed by atoms with Gasteiger partial charge in [0.1, 0.15) is 5.60 Å². The van der Waals surface area contributed by atoms with Crippen molar-refractivity contribution in [2.24, 2.45) is 5.92 Å². The molecule has 1 aromatic rings. The molecule has 1 spiro atoms. The van der Waals surface area contributed by atoms with Gasteiger partial charge in [0.2, 0.25) is 10.0 Å². The van der Waals surface area contributed by atoms with Gasteiger partial charge in [0.05, 0.1) is 11.0 Å². The van der Waals surface area contributed by atoms with E-state index in [4.69, 9.17) is 4.74 Å². The van der Waals surface area contributed by atoms with Crippen molar-refractivity contribution < 1.29 is 13.2 Å². The monoisotopic (exact) mass is 291 g/mol. The normalized spacial score (nSPS) is 35.6. The largest absolute Gasteiger partial charge is 0.362 e. The van der Waals surface area contributed by atoms with Gasteiger partial charge in [0.25, 0.3) is 0 Å². The smallest absolute Gasteiger partial charge is 0.243 e. The highest BCUT2D eigenvalue weighted by Crippen LogP contribution is 2.48. The molecule has 4 nitrogen and oxygen atoms in total. The number of sulfonamides is 1. The molecule has 3 heterocycles. The lowest BCUT2D eigenvalue weighted by Crippen LogP contribution is -2.35. The number of fused-ring (bicyclic) bond motifs is 1. The molecule has 4 rings (SSSR count). The van der Waals surface area contributed by atoms with Crippen LogP contribution in [0.25, 0.3) is 0 Å². The first-order chi connectivity index (χ1) is 9.49. The minimum Gasteiger partial charge on any atom is -0.362 e. The van der Waals surface area contributed by atoms with Gasteiger partial charge in [0.15, 0.2) is 0 Å². The van der Waals surface area contributed by atoms with Crippen LogP contribution in [0.1, 0.15) is 12.0 Å². The van der Waals surface area contributed by atoms with E-state index in [0.717, 1.165) is 12.0 Å². The maximum Gasteiger partial charge on any atom is 0.243 e. The highest BCUT2D eigenvalue weighted by Gasteiger charge is 2.57. The second-order valence-electron chi connectivity index (χ2n) is 6.01. The highest BCUT2D eigenvalue weighted by atomic mass is 32.2. The molecule has 2 saturated heterocycles. The fourth-order valence-electron chi connectivity index (χ4n) is 3.55. The van der Waals surface area contributed by atoms with Crippen LogP contribution in [0.3, 0.4) is 0 Å². The van der Waals surface area contributed by atoms with Crippen LogP contribution < -0.4 is 0 Å². The number of rotatable bonds is 2. The molecule has 0 amide bonds. The highest BCUT2D eigenvalue weighted by molar-refractivity contribution is 7.89. The average Bonchev–Trinajstić information content (AvgIpc) is 3.05. The summed E-state index contributed by atoms with van der Waals surface area (Å²) in [5.74, 6) is 0.303. The zero-order valence-electron chi connectivity index (χ0n) is 11.3. The van der Waals surface area contributed by atoms with Crippen LogP contribution >= 0.6 is 0 Å². The van der Waals surface area contributed by atoms with Gasteiger partial charge in [-0.2, -0.15) is 4.31 Å².